The van der Waals surface area contributed by atoms with E-state index in [0.29, 0.717) is 5.41 Å². The molecule has 0 atom stereocenters. The van der Waals surface area contributed by atoms with Gasteiger partial charge in [0.05, 0.1) is 5.69 Å². The maximum absolute atomic E-state index is 6.31. The van der Waals surface area contributed by atoms with Crippen molar-refractivity contribution >= 4 is 11.6 Å². The normalized spacial score (nSPS) is 27.6. The molecular weight excluding hydrogens is 256 g/mol. The van der Waals surface area contributed by atoms with Gasteiger partial charge in [-0.2, -0.15) is 5.10 Å². The van der Waals surface area contributed by atoms with Gasteiger partial charge in [-0.25, -0.2) is 0 Å². The topological polar surface area (TPSA) is 17.8 Å². The molecule has 1 aromatic rings. The predicted molar refractivity (Wildman–Crippen MR) is 81.5 cm³/mol. The zero-order chi connectivity index (χ0) is 13.7. The van der Waals surface area contributed by atoms with E-state index in [4.69, 9.17) is 11.6 Å². The van der Waals surface area contributed by atoms with Crippen molar-refractivity contribution in [3.63, 3.8) is 0 Å². The van der Waals surface area contributed by atoms with Gasteiger partial charge in [0.2, 0.25) is 0 Å². The molecule has 0 radical (unpaired) electrons. The number of halogens is 1. The van der Waals surface area contributed by atoms with Crippen LogP contribution in [0, 0.1) is 11.3 Å². The first-order valence-electron chi connectivity index (χ1n) is 7.72. The number of aromatic nitrogens is 2. The van der Waals surface area contributed by atoms with Gasteiger partial charge in [-0.15, -0.1) is 11.6 Å². The minimum absolute atomic E-state index is 0.304. The van der Waals surface area contributed by atoms with Crippen molar-refractivity contribution in [3.05, 3.63) is 18.0 Å². The highest BCUT2D eigenvalue weighted by Gasteiger charge is 2.35. The average Bonchev–Trinajstić information content (AvgIpc) is 2.83. The molecule has 3 heteroatoms. The molecule has 1 fully saturated rings. The maximum Gasteiger partial charge on any atom is 0.0630 e. The van der Waals surface area contributed by atoms with Crippen LogP contribution < -0.4 is 0 Å². The number of hydrogen-bond acceptors (Lipinski definition) is 1. The van der Waals surface area contributed by atoms with E-state index in [1.54, 1.807) is 0 Å². The number of nitrogens with zero attached hydrogens (tertiary/aromatic N) is 2. The van der Waals surface area contributed by atoms with E-state index in [-0.39, 0.29) is 0 Å². The zero-order valence-corrected chi connectivity index (χ0v) is 13.1. The SMILES string of the molecule is CCCCC1CCC(CCl)(Cc2ccn(C)n2)CC1. The number of rotatable bonds is 6. The molecular formula is C16H27ClN2. The third-order valence-electron chi connectivity index (χ3n) is 4.74. The molecule has 1 aliphatic rings. The van der Waals surface area contributed by atoms with Crippen molar-refractivity contribution < 1.29 is 0 Å². The molecule has 108 valence electrons. The van der Waals surface area contributed by atoms with Crippen molar-refractivity contribution in [1.82, 2.24) is 9.78 Å². The predicted octanol–water partition coefficient (Wildman–Crippen LogP) is 4.57. The number of hydrogen-bond donors (Lipinski definition) is 0. The van der Waals surface area contributed by atoms with Gasteiger partial charge in [-0.1, -0.05) is 26.2 Å². The van der Waals surface area contributed by atoms with Gasteiger partial charge in [0, 0.05) is 19.1 Å². The highest BCUT2D eigenvalue weighted by atomic mass is 35.5. The van der Waals surface area contributed by atoms with Crippen LogP contribution >= 0.6 is 11.6 Å². The monoisotopic (exact) mass is 282 g/mol. The van der Waals surface area contributed by atoms with Crippen LogP contribution in [0.5, 0.6) is 0 Å². The van der Waals surface area contributed by atoms with Crippen LogP contribution in [0.4, 0.5) is 0 Å². The first kappa shape index (κ1) is 14.9. The third kappa shape index (κ3) is 3.98. The second-order valence-corrected chi connectivity index (χ2v) is 6.64. The van der Waals surface area contributed by atoms with Gasteiger partial charge in [-0.3, -0.25) is 4.68 Å². The molecule has 0 bridgehead atoms. The van der Waals surface area contributed by atoms with Crippen LogP contribution in [0.15, 0.2) is 12.3 Å². The van der Waals surface area contributed by atoms with E-state index in [9.17, 15) is 0 Å². The molecule has 0 amide bonds. The minimum Gasteiger partial charge on any atom is -0.276 e. The summed E-state index contributed by atoms with van der Waals surface area (Å²) in [5, 5.41) is 4.52. The summed E-state index contributed by atoms with van der Waals surface area (Å²) in [6.07, 6.45) is 12.5. The van der Waals surface area contributed by atoms with Crippen LogP contribution in [0.1, 0.15) is 57.6 Å². The summed E-state index contributed by atoms with van der Waals surface area (Å²) in [5.41, 5.74) is 1.51. The van der Waals surface area contributed by atoms with Gasteiger partial charge in [0.1, 0.15) is 0 Å². The van der Waals surface area contributed by atoms with Crippen molar-refractivity contribution in [2.75, 3.05) is 5.88 Å². The molecule has 0 N–H and O–H groups in total. The molecule has 0 unspecified atom stereocenters. The molecule has 19 heavy (non-hydrogen) atoms. The standard InChI is InChI=1S/C16H27ClN2/c1-3-4-5-14-6-9-16(13-17,10-7-14)12-15-8-11-19(2)18-15/h8,11,14H,3-7,9-10,12-13H2,1-2H3. The minimum atomic E-state index is 0.304. The number of aryl methyl sites for hydroxylation is 1. The van der Waals surface area contributed by atoms with Gasteiger partial charge < -0.3 is 0 Å². The lowest BCUT2D eigenvalue weighted by atomic mass is 9.68. The Balaban J connectivity index is 1.90. The highest BCUT2D eigenvalue weighted by molar-refractivity contribution is 6.18. The molecule has 1 aliphatic carbocycles. The van der Waals surface area contributed by atoms with Crippen molar-refractivity contribution in [1.29, 1.82) is 0 Å². The molecule has 1 aromatic heterocycles. The molecule has 2 rings (SSSR count). The molecule has 2 nitrogen and oxygen atoms in total. The Labute approximate surface area is 122 Å². The second kappa shape index (κ2) is 6.78. The fourth-order valence-corrected chi connectivity index (χ4v) is 3.73. The average molecular weight is 283 g/mol. The Morgan fingerprint density at radius 3 is 2.68 bits per heavy atom. The van der Waals surface area contributed by atoms with E-state index in [1.165, 1.54) is 50.6 Å². The molecule has 1 heterocycles. The molecule has 0 aliphatic heterocycles. The van der Waals surface area contributed by atoms with E-state index in [1.807, 2.05) is 17.9 Å². The van der Waals surface area contributed by atoms with Crippen LogP contribution in [0.3, 0.4) is 0 Å². The van der Waals surface area contributed by atoms with Gasteiger partial charge in [-0.05, 0) is 49.5 Å². The van der Waals surface area contributed by atoms with E-state index in [2.05, 4.69) is 18.1 Å². The van der Waals surface area contributed by atoms with Gasteiger partial charge in [0.15, 0.2) is 0 Å². The fraction of sp³-hybridized carbons (Fsp3) is 0.812. The van der Waals surface area contributed by atoms with E-state index < -0.39 is 0 Å². The maximum atomic E-state index is 6.31. The summed E-state index contributed by atoms with van der Waals surface area (Å²) in [6, 6.07) is 2.14. The summed E-state index contributed by atoms with van der Waals surface area (Å²) in [6.45, 7) is 2.28. The summed E-state index contributed by atoms with van der Waals surface area (Å²) in [4.78, 5) is 0. The van der Waals surface area contributed by atoms with Crippen molar-refractivity contribution in [2.24, 2.45) is 18.4 Å². The molecule has 0 spiro atoms. The van der Waals surface area contributed by atoms with Crippen LogP contribution in [-0.2, 0) is 13.5 Å². The molecule has 0 aromatic carbocycles. The Kier molecular flexibility index (Phi) is 5.32. The quantitative estimate of drug-likeness (QED) is 0.699. The lowest BCUT2D eigenvalue weighted by Gasteiger charge is -2.38. The summed E-state index contributed by atoms with van der Waals surface area (Å²) < 4.78 is 1.89. The Hall–Kier alpha value is -0.500. The molecule has 0 saturated heterocycles. The summed E-state index contributed by atoms with van der Waals surface area (Å²) in [7, 11) is 1.98. The number of alkyl halides is 1. The van der Waals surface area contributed by atoms with Gasteiger partial charge in [0.25, 0.3) is 0 Å². The van der Waals surface area contributed by atoms with E-state index in [0.717, 1.165) is 18.2 Å². The van der Waals surface area contributed by atoms with Crippen LogP contribution in [-0.4, -0.2) is 15.7 Å². The van der Waals surface area contributed by atoms with Crippen LogP contribution in [0.2, 0.25) is 0 Å². The zero-order valence-electron chi connectivity index (χ0n) is 12.4. The smallest absolute Gasteiger partial charge is 0.0630 e. The van der Waals surface area contributed by atoms with Crippen molar-refractivity contribution in [2.45, 2.75) is 58.3 Å². The first-order valence-corrected chi connectivity index (χ1v) is 8.25. The molecule has 1 saturated carbocycles. The highest BCUT2D eigenvalue weighted by Crippen LogP contribution is 2.43. The largest absolute Gasteiger partial charge is 0.276 e. The van der Waals surface area contributed by atoms with Crippen LogP contribution in [0.25, 0.3) is 0 Å². The Morgan fingerprint density at radius 2 is 2.16 bits per heavy atom. The Morgan fingerprint density at radius 1 is 1.42 bits per heavy atom. The second-order valence-electron chi connectivity index (χ2n) is 6.38. The lowest BCUT2D eigenvalue weighted by molar-refractivity contribution is 0.164. The van der Waals surface area contributed by atoms with E-state index >= 15 is 0 Å². The summed E-state index contributed by atoms with van der Waals surface area (Å²) in [5.74, 6) is 1.73. The van der Waals surface area contributed by atoms with Crippen molar-refractivity contribution in [3.8, 4) is 0 Å². The fourth-order valence-electron chi connectivity index (χ4n) is 3.37. The lowest BCUT2D eigenvalue weighted by Crippen LogP contribution is -2.31. The van der Waals surface area contributed by atoms with Gasteiger partial charge >= 0.3 is 0 Å². The third-order valence-corrected chi connectivity index (χ3v) is 5.31. The first-order chi connectivity index (χ1) is 9.17. The Bertz CT molecular complexity index is 378. The summed E-state index contributed by atoms with van der Waals surface area (Å²) >= 11 is 6.31. The number of unbranched alkanes of at least 4 members (excludes halogenated alkanes) is 1.